The van der Waals surface area contributed by atoms with Gasteiger partial charge in [0.05, 0.1) is 6.42 Å². The molecule has 1 aromatic carbocycles. The van der Waals surface area contributed by atoms with Gasteiger partial charge in [-0.15, -0.1) is 0 Å². The smallest absolute Gasteiger partial charge is 0.404 e. The molecule has 0 saturated carbocycles. The maximum Gasteiger partial charge on any atom is 0.404 e. The van der Waals surface area contributed by atoms with Crippen molar-refractivity contribution in [1.29, 1.82) is 0 Å². The molecule has 0 aliphatic heterocycles. The van der Waals surface area contributed by atoms with Gasteiger partial charge in [-0.25, -0.2) is 0 Å². The van der Waals surface area contributed by atoms with Gasteiger partial charge in [0.25, 0.3) is 0 Å². The van der Waals surface area contributed by atoms with E-state index in [1.165, 1.54) is 7.05 Å². The monoisotopic (exact) mass is 295 g/mol. The third kappa shape index (κ3) is 5.08. The molecule has 106 valence electrons. The lowest BCUT2D eigenvalue weighted by Crippen LogP contribution is -2.44. The molecule has 0 bridgehead atoms. The molecule has 1 aromatic rings. The number of carboxylic acids is 1. The number of halogens is 4. The molecule has 1 rings (SSSR count). The van der Waals surface area contributed by atoms with E-state index in [0.717, 1.165) is 4.90 Å². The van der Waals surface area contributed by atoms with Crippen LogP contribution in [0.2, 0.25) is 5.02 Å². The van der Waals surface area contributed by atoms with Gasteiger partial charge in [-0.3, -0.25) is 9.69 Å². The Morgan fingerprint density at radius 2 is 2.11 bits per heavy atom. The van der Waals surface area contributed by atoms with Gasteiger partial charge in [0.2, 0.25) is 0 Å². The third-order valence-electron chi connectivity index (χ3n) is 2.60. The van der Waals surface area contributed by atoms with Crippen molar-refractivity contribution in [2.75, 3.05) is 7.05 Å². The van der Waals surface area contributed by atoms with Crippen LogP contribution in [0.15, 0.2) is 24.3 Å². The van der Waals surface area contributed by atoms with Gasteiger partial charge >= 0.3 is 12.1 Å². The number of hydrogen-bond donors (Lipinski definition) is 1. The van der Waals surface area contributed by atoms with Crippen molar-refractivity contribution < 1.29 is 23.1 Å². The summed E-state index contributed by atoms with van der Waals surface area (Å²) in [5, 5.41) is 8.98. The van der Waals surface area contributed by atoms with E-state index in [9.17, 15) is 18.0 Å². The molecular weight excluding hydrogens is 283 g/mol. The third-order valence-corrected chi connectivity index (χ3v) is 2.83. The molecule has 1 N–H and O–H groups in total. The van der Waals surface area contributed by atoms with E-state index in [1.54, 1.807) is 24.3 Å². The Labute approximate surface area is 113 Å². The molecule has 0 radical (unpaired) electrons. The minimum Gasteiger partial charge on any atom is -0.481 e. The number of benzene rings is 1. The molecule has 19 heavy (non-hydrogen) atoms. The summed E-state index contributed by atoms with van der Waals surface area (Å²) in [6.07, 6.45) is -5.58. The molecule has 0 saturated heterocycles. The number of hydrogen-bond acceptors (Lipinski definition) is 2. The molecule has 0 fully saturated rings. The van der Waals surface area contributed by atoms with Crippen LogP contribution in [0.3, 0.4) is 0 Å². The largest absolute Gasteiger partial charge is 0.481 e. The van der Waals surface area contributed by atoms with Crippen molar-refractivity contribution in [3.05, 3.63) is 34.9 Å². The van der Waals surface area contributed by atoms with Crippen molar-refractivity contribution in [3.8, 4) is 0 Å². The van der Waals surface area contributed by atoms with Gasteiger partial charge in [0.15, 0.2) is 0 Å². The predicted molar refractivity (Wildman–Crippen MR) is 65.0 cm³/mol. The maximum absolute atomic E-state index is 12.8. The topological polar surface area (TPSA) is 40.5 Å². The van der Waals surface area contributed by atoms with Crippen LogP contribution >= 0.6 is 11.6 Å². The number of alkyl halides is 3. The van der Waals surface area contributed by atoms with Gasteiger partial charge < -0.3 is 5.11 Å². The maximum atomic E-state index is 12.8. The fraction of sp³-hybridized carbons (Fsp3) is 0.417. The summed E-state index contributed by atoms with van der Waals surface area (Å²) >= 11 is 5.75. The predicted octanol–water partition coefficient (Wildman–Crippen LogP) is 3.18. The molecule has 0 amide bonds. The van der Waals surface area contributed by atoms with Crippen molar-refractivity contribution in [2.24, 2.45) is 0 Å². The van der Waals surface area contributed by atoms with E-state index in [1.807, 2.05) is 0 Å². The van der Waals surface area contributed by atoms with Gasteiger partial charge in [0.1, 0.15) is 6.04 Å². The summed E-state index contributed by atoms with van der Waals surface area (Å²) in [7, 11) is 1.24. The molecule has 0 aliphatic carbocycles. The summed E-state index contributed by atoms with van der Waals surface area (Å²) in [4.78, 5) is 11.5. The number of rotatable bonds is 5. The minimum atomic E-state index is -4.59. The van der Waals surface area contributed by atoms with Crippen molar-refractivity contribution >= 4 is 17.6 Å². The van der Waals surface area contributed by atoms with Crippen LogP contribution in [0.25, 0.3) is 0 Å². The standard InChI is InChI=1S/C12H13ClF3NO2/c1-17(7-8-3-2-4-9(13)5-8)10(6-11(18)19)12(14,15)16/h2-5,10H,6-7H2,1H3,(H,18,19). The van der Waals surface area contributed by atoms with E-state index in [-0.39, 0.29) is 6.54 Å². The van der Waals surface area contributed by atoms with Crippen molar-refractivity contribution in [2.45, 2.75) is 25.2 Å². The lowest BCUT2D eigenvalue weighted by atomic mass is 10.1. The van der Waals surface area contributed by atoms with E-state index in [4.69, 9.17) is 16.7 Å². The van der Waals surface area contributed by atoms with Gasteiger partial charge in [-0.05, 0) is 24.7 Å². The zero-order valence-corrected chi connectivity index (χ0v) is 10.9. The second-order valence-electron chi connectivity index (χ2n) is 4.20. The Balaban J connectivity index is 2.82. The van der Waals surface area contributed by atoms with Crippen LogP contribution in [0.1, 0.15) is 12.0 Å². The molecule has 3 nitrogen and oxygen atoms in total. The fourth-order valence-electron chi connectivity index (χ4n) is 1.72. The van der Waals surface area contributed by atoms with Gasteiger partial charge in [-0.2, -0.15) is 13.2 Å². The normalized spacial score (nSPS) is 13.6. The highest BCUT2D eigenvalue weighted by molar-refractivity contribution is 6.30. The highest BCUT2D eigenvalue weighted by atomic mass is 35.5. The summed E-state index contributed by atoms with van der Waals surface area (Å²) in [5.41, 5.74) is 0.592. The first-order chi connectivity index (χ1) is 8.70. The molecule has 1 atom stereocenters. The van der Waals surface area contributed by atoms with E-state index >= 15 is 0 Å². The first-order valence-electron chi connectivity index (χ1n) is 5.43. The average Bonchev–Trinajstić information content (AvgIpc) is 2.24. The van der Waals surface area contributed by atoms with Crippen LogP contribution in [0.4, 0.5) is 13.2 Å². The Morgan fingerprint density at radius 3 is 2.58 bits per heavy atom. The number of carbonyl (C=O) groups is 1. The summed E-state index contributed by atoms with van der Waals surface area (Å²) in [5.74, 6) is -1.49. The highest BCUT2D eigenvalue weighted by Gasteiger charge is 2.43. The summed E-state index contributed by atoms with van der Waals surface area (Å²) < 4.78 is 38.3. The van der Waals surface area contributed by atoms with E-state index in [0.29, 0.717) is 10.6 Å². The quantitative estimate of drug-likeness (QED) is 0.907. The van der Waals surface area contributed by atoms with Crippen LogP contribution in [-0.4, -0.2) is 35.2 Å². The van der Waals surface area contributed by atoms with Crippen LogP contribution in [0.5, 0.6) is 0 Å². The van der Waals surface area contributed by atoms with Gasteiger partial charge in [0, 0.05) is 11.6 Å². The summed E-state index contributed by atoms with van der Waals surface area (Å²) in [6.45, 7) is -0.0297. The van der Waals surface area contributed by atoms with Crippen molar-refractivity contribution in [1.82, 2.24) is 4.90 Å². The Bertz CT molecular complexity index is 451. The Hall–Kier alpha value is -1.27. The average molecular weight is 296 g/mol. The van der Waals surface area contributed by atoms with E-state index in [2.05, 4.69) is 0 Å². The first-order valence-corrected chi connectivity index (χ1v) is 5.81. The van der Waals surface area contributed by atoms with Gasteiger partial charge in [-0.1, -0.05) is 23.7 Å². The number of carboxylic acid groups (broad SMARTS) is 1. The zero-order chi connectivity index (χ0) is 14.6. The fourth-order valence-corrected chi connectivity index (χ4v) is 1.93. The SMILES string of the molecule is CN(Cc1cccc(Cl)c1)C(CC(=O)O)C(F)(F)F. The van der Waals surface area contributed by atoms with Crippen molar-refractivity contribution in [3.63, 3.8) is 0 Å². The molecule has 7 heteroatoms. The summed E-state index contributed by atoms with van der Waals surface area (Å²) in [6, 6.07) is 4.40. The van der Waals surface area contributed by atoms with E-state index < -0.39 is 24.6 Å². The molecule has 0 spiro atoms. The van der Waals surface area contributed by atoms with Crippen LogP contribution in [0, 0.1) is 0 Å². The second-order valence-corrected chi connectivity index (χ2v) is 4.64. The van der Waals surface area contributed by atoms with Crippen LogP contribution in [-0.2, 0) is 11.3 Å². The zero-order valence-electron chi connectivity index (χ0n) is 10.1. The number of aliphatic carboxylic acids is 1. The lowest BCUT2D eigenvalue weighted by Gasteiger charge is -2.28. The first kappa shape index (κ1) is 15.8. The van der Waals surface area contributed by atoms with Crippen LogP contribution < -0.4 is 0 Å². The molecule has 0 aliphatic rings. The Morgan fingerprint density at radius 1 is 1.47 bits per heavy atom. The molecule has 0 aromatic heterocycles. The second kappa shape index (κ2) is 6.25. The number of nitrogens with zero attached hydrogens (tertiary/aromatic N) is 1. The molecule has 1 unspecified atom stereocenters. The highest BCUT2D eigenvalue weighted by Crippen LogP contribution is 2.27. The Kier molecular flexibility index (Phi) is 5.20. The lowest BCUT2D eigenvalue weighted by molar-refractivity contribution is -0.188. The minimum absolute atomic E-state index is 0.0297. The molecular formula is C12H13ClF3NO2. The molecule has 0 heterocycles.